The van der Waals surface area contributed by atoms with Crippen LogP contribution in [0.3, 0.4) is 0 Å². The minimum Gasteiger partial charge on any atom is -0.207 e. The Morgan fingerprint density at radius 3 is 2.59 bits per heavy atom. The molecule has 1 saturated heterocycles. The molecule has 3 nitrogen and oxygen atoms in total. The van der Waals surface area contributed by atoms with Crippen molar-refractivity contribution in [2.45, 2.75) is 10.3 Å². The summed E-state index contributed by atoms with van der Waals surface area (Å²) in [5.74, 6) is 0.779. The molecule has 0 bridgehead atoms. The fourth-order valence-electron chi connectivity index (χ4n) is 2.37. The summed E-state index contributed by atoms with van der Waals surface area (Å²) in [7, 11) is -3.50. The van der Waals surface area contributed by atoms with E-state index in [9.17, 15) is 8.42 Å². The van der Waals surface area contributed by atoms with Crippen molar-refractivity contribution in [2.75, 3.05) is 12.3 Å². The number of thioether (sulfide) groups is 1. The Kier molecular flexibility index (Phi) is 5.04. The maximum atomic E-state index is 12.9. The first-order chi connectivity index (χ1) is 10.5. The van der Waals surface area contributed by atoms with Crippen molar-refractivity contribution in [2.24, 2.45) is 0 Å². The molecular formula is C15H13ClINO2S2. The highest BCUT2D eigenvalue weighted by molar-refractivity contribution is 14.1. The van der Waals surface area contributed by atoms with E-state index in [1.807, 2.05) is 30.3 Å². The molecule has 1 atom stereocenters. The van der Waals surface area contributed by atoms with Crippen molar-refractivity contribution in [3.63, 3.8) is 0 Å². The monoisotopic (exact) mass is 465 g/mol. The van der Waals surface area contributed by atoms with Gasteiger partial charge in [0.2, 0.25) is 10.0 Å². The van der Waals surface area contributed by atoms with Gasteiger partial charge in [0.05, 0.1) is 10.3 Å². The average molecular weight is 466 g/mol. The first kappa shape index (κ1) is 16.6. The maximum Gasteiger partial charge on any atom is 0.244 e. The Morgan fingerprint density at radius 1 is 1.18 bits per heavy atom. The van der Waals surface area contributed by atoms with E-state index in [1.54, 1.807) is 34.3 Å². The van der Waals surface area contributed by atoms with Gasteiger partial charge in [0.25, 0.3) is 0 Å². The third-order valence-electron chi connectivity index (χ3n) is 3.40. The Bertz CT molecular complexity index is 780. The van der Waals surface area contributed by atoms with Crippen molar-refractivity contribution in [1.82, 2.24) is 4.31 Å². The van der Waals surface area contributed by atoms with Crippen LogP contribution in [0.5, 0.6) is 0 Å². The highest BCUT2D eigenvalue weighted by Crippen LogP contribution is 2.41. The van der Waals surface area contributed by atoms with E-state index in [1.165, 1.54) is 0 Å². The second kappa shape index (κ2) is 6.68. The van der Waals surface area contributed by atoms with Crippen LogP contribution in [0.2, 0.25) is 5.02 Å². The summed E-state index contributed by atoms with van der Waals surface area (Å²) in [6, 6.07) is 14.3. The van der Waals surface area contributed by atoms with Crippen LogP contribution < -0.4 is 0 Å². The number of rotatable bonds is 3. The first-order valence-corrected chi connectivity index (χ1v) is 10.6. The lowest BCUT2D eigenvalue weighted by Gasteiger charge is -2.23. The Morgan fingerprint density at radius 2 is 1.91 bits per heavy atom. The number of nitrogens with zero attached hydrogens (tertiary/aromatic N) is 1. The van der Waals surface area contributed by atoms with Gasteiger partial charge in [-0.05, 0) is 64.6 Å². The molecule has 2 aromatic carbocycles. The van der Waals surface area contributed by atoms with Gasteiger partial charge in [0.1, 0.15) is 0 Å². The van der Waals surface area contributed by atoms with Crippen LogP contribution in [0.1, 0.15) is 10.9 Å². The maximum absolute atomic E-state index is 12.9. The van der Waals surface area contributed by atoms with Crippen LogP contribution in [0.15, 0.2) is 53.4 Å². The van der Waals surface area contributed by atoms with Gasteiger partial charge in [0, 0.05) is 20.9 Å². The van der Waals surface area contributed by atoms with Gasteiger partial charge in [0.15, 0.2) is 0 Å². The van der Waals surface area contributed by atoms with Crippen LogP contribution in [-0.2, 0) is 10.0 Å². The van der Waals surface area contributed by atoms with Crippen molar-refractivity contribution in [3.05, 3.63) is 62.7 Å². The van der Waals surface area contributed by atoms with Gasteiger partial charge in [-0.1, -0.05) is 23.7 Å². The van der Waals surface area contributed by atoms with Gasteiger partial charge in [-0.15, -0.1) is 11.8 Å². The van der Waals surface area contributed by atoms with Crippen LogP contribution in [0.4, 0.5) is 0 Å². The lowest BCUT2D eigenvalue weighted by Crippen LogP contribution is -2.30. The quantitative estimate of drug-likeness (QED) is 0.631. The predicted octanol–water partition coefficient (Wildman–Crippen LogP) is 4.38. The van der Waals surface area contributed by atoms with Crippen LogP contribution in [0, 0.1) is 3.57 Å². The molecule has 1 aliphatic heterocycles. The molecule has 0 spiro atoms. The van der Waals surface area contributed by atoms with Crippen LogP contribution >= 0.6 is 46.0 Å². The molecule has 1 unspecified atom stereocenters. The van der Waals surface area contributed by atoms with Gasteiger partial charge in [-0.25, -0.2) is 8.42 Å². The lowest BCUT2D eigenvalue weighted by atomic mass is 10.2. The topological polar surface area (TPSA) is 37.4 Å². The molecule has 0 radical (unpaired) electrons. The summed E-state index contributed by atoms with van der Waals surface area (Å²) >= 11 is 9.83. The molecule has 0 aromatic heterocycles. The molecule has 7 heteroatoms. The number of hydrogen-bond donors (Lipinski definition) is 0. The number of halogens is 2. The molecule has 2 aromatic rings. The Balaban J connectivity index is 1.97. The Labute approximate surface area is 153 Å². The van der Waals surface area contributed by atoms with Crippen molar-refractivity contribution in [3.8, 4) is 0 Å². The summed E-state index contributed by atoms with van der Waals surface area (Å²) in [5.41, 5.74) is 0.920. The van der Waals surface area contributed by atoms with E-state index in [-0.39, 0.29) is 5.37 Å². The molecule has 22 heavy (non-hydrogen) atoms. The zero-order valence-electron chi connectivity index (χ0n) is 11.4. The SMILES string of the molecule is O=S(=O)(c1ccc(I)cc1)N1CCSC1c1cccc(Cl)c1. The van der Waals surface area contributed by atoms with Gasteiger partial charge >= 0.3 is 0 Å². The normalized spacial score (nSPS) is 19.5. The zero-order valence-corrected chi connectivity index (χ0v) is 16.0. The number of benzene rings is 2. The molecular weight excluding hydrogens is 453 g/mol. The smallest absolute Gasteiger partial charge is 0.207 e. The molecule has 0 amide bonds. The van der Waals surface area contributed by atoms with Crippen LogP contribution in [-0.4, -0.2) is 25.0 Å². The molecule has 1 heterocycles. The average Bonchev–Trinajstić information content (AvgIpc) is 2.98. The van der Waals surface area contributed by atoms with E-state index >= 15 is 0 Å². The fraction of sp³-hybridized carbons (Fsp3) is 0.200. The summed E-state index contributed by atoms with van der Waals surface area (Å²) < 4.78 is 28.4. The standard InChI is InChI=1S/C15H13ClINO2S2/c16-12-3-1-2-11(10-12)15-18(8-9-21-15)22(19,20)14-6-4-13(17)5-7-14/h1-7,10,15H,8-9H2. The fourth-order valence-corrected chi connectivity index (χ4v) is 6.15. The van der Waals surface area contributed by atoms with E-state index in [0.717, 1.165) is 14.9 Å². The van der Waals surface area contributed by atoms with Crippen molar-refractivity contribution >= 4 is 56.0 Å². The summed E-state index contributed by atoms with van der Waals surface area (Å²) in [6.45, 7) is 0.510. The van der Waals surface area contributed by atoms with E-state index in [0.29, 0.717) is 16.5 Å². The zero-order chi connectivity index (χ0) is 15.7. The third-order valence-corrected chi connectivity index (χ3v) is 7.63. The van der Waals surface area contributed by atoms with Gasteiger partial charge in [-0.3, -0.25) is 0 Å². The third kappa shape index (κ3) is 3.31. The van der Waals surface area contributed by atoms with Crippen LogP contribution in [0.25, 0.3) is 0 Å². The minimum atomic E-state index is -3.50. The molecule has 0 N–H and O–H groups in total. The molecule has 3 rings (SSSR count). The van der Waals surface area contributed by atoms with Gasteiger partial charge < -0.3 is 0 Å². The molecule has 0 aliphatic carbocycles. The lowest BCUT2D eigenvalue weighted by molar-refractivity contribution is 0.434. The summed E-state index contributed by atoms with van der Waals surface area (Å²) in [4.78, 5) is 0.336. The van der Waals surface area contributed by atoms with E-state index in [2.05, 4.69) is 22.6 Å². The van der Waals surface area contributed by atoms with Crippen molar-refractivity contribution < 1.29 is 8.42 Å². The summed E-state index contributed by atoms with van der Waals surface area (Å²) in [6.07, 6.45) is 0. The van der Waals surface area contributed by atoms with Gasteiger partial charge in [-0.2, -0.15) is 4.31 Å². The number of sulfonamides is 1. The second-order valence-corrected chi connectivity index (χ2v) is 9.61. The molecule has 116 valence electrons. The Hall–Kier alpha value is -0.280. The van der Waals surface area contributed by atoms with E-state index in [4.69, 9.17) is 11.6 Å². The largest absolute Gasteiger partial charge is 0.244 e. The highest BCUT2D eigenvalue weighted by atomic mass is 127. The molecule has 1 aliphatic rings. The first-order valence-electron chi connectivity index (χ1n) is 6.63. The number of hydrogen-bond acceptors (Lipinski definition) is 3. The van der Waals surface area contributed by atoms with E-state index < -0.39 is 10.0 Å². The molecule has 1 fully saturated rings. The summed E-state index contributed by atoms with van der Waals surface area (Å²) in [5, 5.41) is 0.402. The predicted molar refractivity (Wildman–Crippen MR) is 99.7 cm³/mol. The minimum absolute atomic E-state index is 0.219. The molecule has 0 saturated carbocycles. The second-order valence-electron chi connectivity index (χ2n) is 4.85. The highest BCUT2D eigenvalue weighted by Gasteiger charge is 2.36. The van der Waals surface area contributed by atoms with Crippen molar-refractivity contribution in [1.29, 1.82) is 0 Å².